The lowest BCUT2D eigenvalue weighted by molar-refractivity contribution is -0.147. The first kappa shape index (κ1) is 13.0. The van der Waals surface area contributed by atoms with Crippen LogP contribution < -0.4 is 0 Å². The third kappa shape index (κ3) is 1.75. The summed E-state index contributed by atoms with van der Waals surface area (Å²) in [5.41, 5.74) is 2.70. The molecule has 0 bridgehead atoms. The van der Waals surface area contributed by atoms with Crippen molar-refractivity contribution in [3.05, 3.63) is 41.6 Å². The normalized spacial score (nSPS) is 29.0. The summed E-state index contributed by atoms with van der Waals surface area (Å²) in [4.78, 5) is 30.9. The van der Waals surface area contributed by atoms with Crippen LogP contribution in [0.1, 0.15) is 17.5 Å². The average Bonchev–Trinajstić information content (AvgIpc) is 3.06. The fourth-order valence-electron chi connectivity index (χ4n) is 3.69. The van der Waals surface area contributed by atoms with E-state index in [1.165, 1.54) is 0 Å². The zero-order valence-corrected chi connectivity index (χ0v) is 12.3. The number of esters is 1. The molecule has 3 atom stereocenters. The van der Waals surface area contributed by atoms with Gasteiger partial charge in [-0.15, -0.1) is 0 Å². The van der Waals surface area contributed by atoms with E-state index < -0.39 is 18.1 Å². The van der Waals surface area contributed by atoms with E-state index in [2.05, 4.69) is 4.98 Å². The van der Waals surface area contributed by atoms with Crippen LogP contribution in [0.4, 0.5) is 0 Å². The Balaban J connectivity index is 1.59. The summed E-state index contributed by atoms with van der Waals surface area (Å²) >= 11 is 0. The Morgan fingerprint density at radius 2 is 2.00 bits per heavy atom. The van der Waals surface area contributed by atoms with Gasteiger partial charge in [-0.1, -0.05) is 18.2 Å². The standard InChI is InChI=1S/C17H14N2O4/c20-15-11-7-23-17(21)12(11)8-22-16-10-5-9-3-1-2-4-13(9)18-14(10)6-19(15)16/h1-5,11-12,16H,6-8H2/t11-,12-,16-/m0/s1. The number of aromatic nitrogens is 1. The third-order valence-electron chi connectivity index (χ3n) is 4.93. The van der Waals surface area contributed by atoms with Crippen molar-refractivity contribution in [1.82, 2.24) is 9.88 Å². The third-order valence-corrected chi connectivity index (χ3v) is 4.93. The number of carbonyl (C=O) groups is 2. The molecule has 1 aromatic carbocycles. The maximum Gasteiger partial charge on any atom is 0.312 e. The highest BCUT2D eigenvalue weighted by Crippen LogP contribution is 2.41. The highest BCUT2D eigenvalue weighted by Gasteiger charge is 2.50. The predicted molar refractivity (Wildman–Crippen MR) is 78.9 cm³/mol. The topological polar surface area (TPSA) is 68.7 Å². The molecule has 6 heteroatoms. The number of amides is 1. The summed E-state index contributed by atoms with van der Waals surface area (Å²) in [6.45, 7) is 0.782. The van der Waals surface area contributed by atoms with Gasteiger partial charge in [0, 0.05) is 10.9 Å². The number of pyridine rings is 1. The largest absolute Gasteiger partial charge is 0.465 e. The van der Waals surface area contributed by atoms with Gasteiger partial charge in [-0.05, 0) is 12.1 Å². The molecule has 0 aliphatic carbocycles. The molecule has 4 heterocycles. The Morgan fingerprint density at radius 3 is 2.91 bits per heavy atom. The van der Waals surface area contributed by atoms with Gasteiger partial charge >= 0.3 is 5.97 Å². The van der Waals surface area contributed by atoms with Gasteiger partial charge in [0.05, 0.1) is 36.2 Å². The molecule has 3 aliphatic rings. The van der Waals surface area contributed by atoms with Crippen molar-refractivity contribution in [3.63, 3.8) is 0 Å². The second-order valence-corrected chi connectivity index (χ2v) is 6.21. The highest BCUT2D eigenvalue weighted by atomic mass is 16.6. The average molecular weight is 310 g/mol. The summed E-state index contributed by atoms with van der Waals surface area (Å²) in [5.74, 6) is -1.33. The summed E-state index contributed by atoms with van der Waals surface area (Å²) in [7, 11) is 0. The second kappa shape index (κ2) is 4.52. The fourth-order valence-corrected chi connectivity index (χ4v) is 3.69. The van der Waals surface area contributed by atoms with Crippen LogP contribution in [-0.4, -0.2) is 35.0 Å². The quantitative estimate of drug-likeness (QED) is 0.688. The number of ether oxygens (including phenoxy) is 2. The van der Waals surface area contributed by atoms with E-state index in [4.69, 9.17) is 9.47 Å². The van der Waals surface area contributed by atoms with E-state index in [0.29, 0.717) is 6.54 Å². The Hall–Kier alpha value is -2.47. The monoisotopic (exact) mass is 310 g/mol. The highest BCUT2D eigenvalue weighted by molar-refractivity contribution is 5.89. The number of fused-ring (bicyclic) bond motifs is 5. The molecule has 0 radical (unpaired) electrons. The van der Waals surface area contributed by atoms with Gasteiger partial charge in [0.1, 0.15) is 6.61 Å². The fraction of sp³-hybridized carbons (Fsp3) is 0.353. The van der Waals surface area contributed by atoms with E-state index in [0.717, 1.165) is 22.2 Å². The Morgan fingerprint density at radius 1 is 1.13 bits per heavy atom. The maximum atomic E-state index is 12.8. The second-order valence-electron chi connectivity index (χ2n) is 6.21. The summed E-state index contributed by atoms with van der Waals surface area (Å²) < 4.78 is 11.0. The number of nitrogens with zero attached hydrogens (tertiary/aromatic N) is 2. The van der Waals surface area contributed by atoms with Crippen molar-refractivity contribution in [1.29, 1.82) is 0 Å². The number of para-hydroxylation sites is 1. The van der Waals surface area contributed by atoms with Gasteiger partial charge in [0.2, 0.25) is 5.91 Å². The first-order valence-electron chi connectivity index (χ1n) is 7.69. The van der Waals surface area contributed by atoms with Crippen molar-refractivity contribution in [3.8, 4) is 0 Å². The molecule has 2 fully saturated rings. The van der Waals surface area contributed by atoms with Crippen LogP contribution in [0.3, 0.4) is 0 Å². The number of hydrogen-bond donors (Lipinski definition) is 0. The molecular formula is C17H14N2O4. The zero-order chi connectivity index (χ0) is 15.6. The molecule has 3 aliphatic heterocycles. The molecule has 1 aromatic heterocycles. The Kier molecular flexibility index (Phi) is 2.56. The molecule has 6 nitrogen and oxygen atoms in total. The smallest absolute Gasteiger partial charge is 0.312 e. The van der Waals surface area contributed by atoms with Gasteiger partial charge < -0.3 is 14.4 Å². The van der Waals surface area contributed by atoms with Gasteiger partial charge in [-0.3, -0.25) is 14.6 Å². The van der Waals surface area contributed by atoms with Crippen LogP contribution in [0.25, 0.3) is 10.9 Å². The predicted octanol–water partition coefficient (Wildman–Crippen LogP) is 1.40. The van der Waals surface area contributed by atoms with E-state index in [1.807, 2.05) is 30.3 Å². The van der Waals surface area contributed by atoms with Crippen LogP contribution in [0, 0.1) is 11.8 Å². The van der Waals surface area contributed by atoms with Crippen molar-refractivity contribution in [2.75, 3.05) is 13.2 Å². The van der Waals surface area contributed by atoms with E-state index in [1.54, 1.807) is 4.90 Å². The lowest BCUT2D eigenvalue weighted by Crippen LogP contribution is -2.35. The molecule has 0 saturated carbocycles. The van der Waals surface area contributed by atoms with E-state index >= 15 is 0 Å². The first-order valence-corrected chi connectivity index (χ1v) is 7.69. The Labute approximate surface area is 132 Å². The first-order chi connectivity index (χ1) is 11.2. The number of carbonyl (C=O) groups excluding carboxylic acids is 2. The molecular weight excluding hydrogens is 296 g/mol. The summed E-state index contributed by atoms with van der Waals surface area (Å²) in [6.07, 6.45) is -0.451. The Bertz CT molecular complexity index is 850. The van der Waals surface area contributed by atoms with Crippen molar-refractivity contribution in [2.45, 2.75) is 12.8 Å². The molecule has 0 spiro atoms. The lowest BCUT2D eigenvalue weighted by atomic mass is 9.95. The summed E-state index contributed by atoms with van der Waals surface area (Å²) in [6, 6.07) is 9.90. The number of hydrogen-bond acceptors (Lipinski definition) is 5. The molecule has 2 aromatic rings. The van der Waals surface area contributed by atoms with Crippen LogP contribution in [0.15, 0.2) is 30.3 Å². The minimum absolute atomic E-state index is 0.0783. The number of cyclic esters (lactones) is 1. The minimum Gasteiger partial charge on any atom is -0.465 e. The van der Waals surface area contributed by atoms with E-state index in [9.17, 15) is 9.59 Å². The van der Waals surface area contributed by atoms with Gasteiger partial charge in [0.25, 0.3) is 0 Å². The zero-order valence-electron chi connectivity index (χ0n) is 12.3. The maximum absolute atomic E-state index is 12.8. The van der Waals surface area contributed by atoms with Gasteiger partial charge in [-0.2, -0.15) is 0 Å². The van der Waals surface area contributed by atoms with Crippen molar-refractivity contribution < 1.29 is 19.1 Å². The molecule has 116 valence electrons. The van der Waals surface area contributed by atoms with Gasteiger partial charge in [0.15, 0.2) is 6.23 Å². The van der Waals surface area contributed by atoms with Crippen LogP contribution >= 0.6 is 0 Å². The SMILES string of the molecule is O=C1OC[C@@H]2C(=O)N3Cc4nc5ccccc5cc4[C@@H]3OC[C@H]12. The molecule has 2 saturated heterocycles. The van der Waals surface area contributed by atoms with Crippen molar-refractivity contribution >= 4 is 22.8 Å². The molecule has 5 rings (SSSR count). The van der Waals surface area contributed by atoms with Crippen molar-refractivity contribution in [2.24, 2.45) is 11.8 Å². The molecule has 23 heavy (non-hydrogen) atoms. The number of benzene rings is 1. The van der Waals surface area contributed by atoms with Crippen LogP contribution in [-0.2, 0) is 25.6 Å². The summed E-state index contributed by atoms with van der Waals surface area (Å²) in [5, 5.41) is 1.02. The van der Waals surface area contributed by atoms with Crippen LogP contribution in [0.2, 0.25) is 0 Å². The molecule has 0 unspecified atom stereocenters. The van der Waals surface area contributed by atoms with Crippen LogP contribution in [0.5, 0.6) is 0 Å². The van der Waals surface area contributed by atoms with Gasteiger partial charge in [-0.25, -0.2) is 0 Å². The molecule has 1 amide bonds. The number of rotatable bonds is 0. The molecule has 0 N–H and O–H groups in total. The van der Waals surface area contributed by atoms with E-state index in [-0.39, 0.29) is 25.1 Å². The minimum atomic E-state index is -0.482. The lowest BCUT2D eigenvalue weighted by Gasteiger charge is -2.23.